The van der Waals surface area contributed by atoms with Crippen LogP contribution in [0.25, 0.3) is 11.6 Å². The van der Waals surface area contributed by atoms with Gasteiger partial charge in [-0.05, 0) is 33.1 Å². The largest absolute Gasteiger partial charge is 0.332 e. The molecule has 0 radical (unpaired) electrons. The first-order valence-electron chi connectivity index (χ1n) is 5.75. The molecule has 3 rings (SSSR count). The van der Waals surface area contributed by atoms with E-state index in [1.807, 2.05) is 13.8 Å². The van der Waals surface area contributed by atoms with Gasteiger partial charge in [-0.3, -0.25) is 5.10 Å². The Kier molecular flexibility index (Phi) is 2.09. The normalized spacial score (nSPS) is 18.1. The maximum absolute atomic E-state index is 6.15. The van der Waals surface area contributed by atoms with Crippen LogP contribution in [0.15, 0.2) is 4.52 Å². The number of aryl methyl sites for hydroxylation is 1. The third-order valence-corrected chi connectivity index (χ3v) is 3.57. The molecule has 2 aromatic heterocycles. The standard InChI is InChI=1S/C11H15N5O/c1-6-7(2)14-15-8(6)9-13-10(16-17-9)11(12)4-3-5-11/h3-5,12H2,1-2H3,(H,14,15). The average molecular weight is 233 g/mol. The molecule has 1 aliphatic carbocycles. The fraction of sp³-hybridized carbons (Fsp3) is 0.545. The second-order valence-electron chi connectivity index (χ2n) is 4.76. The van der Waals surface area contributed by atoms with Crippen LogP contribution in [0.4, 0.5) is 0 Å². The van der Waals surface area contributed by atoms with Crippen molar-refractivity contribution in [2.24, 2.45) is 5.73 Å². The zero-order valence-corrected chi connectivity index (χ0v) is 9.95. The highest BCUT2D eigenvalue weighted by Gasteiger charge is 2.39. The summed E-state index contributed by atoms with van der Waals surface area (Å²) in [7, 11) is 0. The van der Waals surface area contributed by atoms with Crippen LogP contribution in [0.1, 0.15) is 36.3 Å². The van der Waals surface area contributed by atoms with Crippen molar-refractivity contribution in [1.29, 1.82) is 0 Å². The Morgan fingerprint density at radius 2 is 2.12 bits per heavy atom. The van der Waals surface area contributed by atoms with Crippen molar-refractivity contribution in [2.45, 2.75) is 38.6 Å². The van der Waals surface area contributed by atoms with Crippen molar-refractivity contribution in [1.82, 2.24) is 20.3 Å². The van der Waals surface area contributed by atoms with E-state index < -0.39 is 0 Å². The van der Waals surface area contributed by atoms with Gasteiger partial charge in [-0.2, -0.15) is 10.1 Å². The number of nitrogens with two attached hydrogens (primary N) is 1. The number of nitrogens with zero attached hydrogens (tertiary/aromatic N) is 3. The zero-order chi connectivity index (χ0) is 12.0. The van der Waals surface area contributed by atoms with Crippen LogP contribution in [0, 0.1) is 13.8 Å². The van der Waals surface area contributed by atoms with Gasteiger partial charge in [0, 0.05) is 11.3 Å². The molecule has 0 aliphatic heterocycles. The van der Waals surface area contributed by atoms with Crippen molar-refractivity contribution in [3.05, 3.63) is 17.1 Å². The second kappa shape index (κ2) is 3.40. The fourth-order valence-electron chi connectivity index (χ4n) is 2.00. The van der Waals surface area contributed by atoms with Crippen LogP contribution < -0.4 is 5.73 Å². The lowest BCUT2D eigenvalue weighted by Gasteiger charge is -2.34. The lowest BCUT2D eigenvalue weighted by Crippen LogP contribution is -2.44. The predicted octanol–water partition coefficient (Wildman–Crippen LogP) is 1.41. The van der Waals surface area contributed by atoms with E-state index in [1.165, 1.54) is 0 Å². The van der Waals surface area contributed by atoms with Gasteiger partial charge in [0.25, 0.3) is 5.89 Å². The van der Waals surface area contributed by atoms with Gasteiger partial charge in [0.05, 0.1) is 5.54 Å². The Hall–Kier alpha value is -1.69. The number of nitrogens with one attached hydrogen (secondary N) is 1. The molecule has 0 bridgehead atoms. The smallest absolute Gasteiger partial charge is 0.278 e. The van der Waals surface area contributed by atoms with Gasteiger partial charge in [-0.25, -0.2) is 0 Å². The minimum absolute atomic E-state index is 0.388. The van der Waals surface area contributed by atoms with Crippen molar-refractivity contribution in [2.75, 3.05) is 0 Å². The molecular weight excluding hydrogens is 218 g/mol. The lowest BCUT2D eigenvalue weighted by molar-refractivity contribution is 0.229. The van der Waals surface area contributed by atoms with Crippen LogP contribution in [0.2, 0.25) is 0 Å². The van der Waals surface area contributed by atoms with Gasteiger partial charge in [0.2, 0.25) is 0 Å². The minimum Gasteiger partial charge on any atom is -0.332 e. The van der Waals surface area contributed by atoms with E-state index in [0.717, 1.165) is 30.5 Å². The molecule has 0 unspecified atom stereocenters. The molecule has 0 spiro atoms. The van der Waals surface area contributed by atoms with Gasteiger partial charge >= 0.3 is 0 Å². The highest BCUT2D eigenvalue weighted by atomic mass is 16.5. The second-order valence-corrected chi connectivity index (χ2v) is 4.76. The summed E-state index contributed by atoms with van der Waals surface area (Å²) in [5.41, 5.74) is 8.50. The van der Waals surface area contributed by atoms with Crippen LogP contribution >= 0.6 is 0 Å². The molecule has 6 heteroatoms. The Labute approximate surface area is 98.6 Å². The van der Waals surface area contributed by atoms with Crippen molar-refractivity contribution in [3.63, 3.8) is 0 Å². The average Bonchev–Trinajstić information content (AvgIpc) is 2.85. The molecule has 1 fully saturated rings. The number of H-pyrrole nitrogens is 1. The molecule has 6 nitrogen and oxygen atoms in total. The van der Waals surface area contributed by atoms with E-state index in [-0.39, 0.29) is 5.54 Å². The van der Waals surface area contributed by atoms with Crippen LogP contribution in [-0.2, 0) is 5.54 Å². The summed E-state index contributed by atoms with van der Waals surface area (Å²) in [6.45, 7) is 3.93. The molecule has 0 saturated heterocycles. The van der Waals surface area contributed by atoms with Gasteiger partial charge in [-0.15, -0.1) is 0 Å². The minimum atomic E-state index is -0.388. The molecule has 17 heavy (non-hydrogen) atoms. The number of aromatic nitrogens is 4. The molecule has 0 aromatic carbocycles. The summed E-state index contributed by atoms with van der Waals surface area (Å²) in [6.07, 6.45) is 2.97. The monoisotopic (exact) mass is 233 g/mol. The Morgan fingerprint density at radius 3 is 2.65 bits per heavy atom. The van der Waals surface area contributed by atoms with E-state index >= 15 is 0 Å². The first-order valence-corrected chi connectivity index (χ1v) is 5.75. The maximum Gasteiger partial charge on any atom is 0.278 e. The van der Waals surface area contributed by atoms with Crippen molar-refractivity contribution < 1.29 is 4.52 Å². The number of aromatic amines is 1. The molecular formula is C11H15N5O. The quantitative estimate of drug-likeness (QED) is 0.818. The molecule has 3 N–H and O–H groups in total. The Balaban J connectivity index is 1.98. The third kappa shape index (κ3) is 1.48. The van der Waals surface area contributed by atoms with Gasteiger partial charge in [0.1, 0.15) is 0 Å². The summed E-state index contributed by atoms with van der Waals surface area (Å²) in [5, 5.41) is 11.0. The first-order chi connectivity index (χ1) is 8.10. The lowest BCUT2D eigenvalue weighted by atomic mass is 9.77. The molecule has 1 aliphatic rings. The zero-order valence-electron chi connectivity index (χ0n) is 9.95. The molecule has 2 heterocycles. The molecule has 2 aromatic rings. The number of hydrogen-bond acceptors (Lipinski definition) is 5. The summed E-state index contributed by atoms with van der Waals surface area (Å²) >= 11 is 0. The summed E-state index contributed by atoms with van der Waals surface area (Å²) in [5.74, 6) is 1.04. The van der Waals surface area contributed by atoms with Crippen LogP contribution in [0.5, 0.6) is 0 Å². The van der Waals surface area contributed by atoms with E-state index in [2.05, 4.69) is 20.3 Å². The molecule has 1 saturated carbocycles. The Bertz CT molecular complexity index is 552. The summed E-state index contributed by atoms with van der Waals surface area (Å²) in [4.78, 5) is 4.36. The predicted molar refractivity (Wildman–Crippen MR) is 61.1 cm³/mol. The summed E-state index contributed by atoms with van der Waals surface area (Å²) in [6, 6.07) is 0. The van der Waals surface area contributed by atoms with Gasteiger partial charge in [-0.1, -0.05) is 5.16 Å². The van der Waals surface area contributed by atoms with Gasteiger partial charge in [0.15, 0.2) is 11.5 Å². The fourth-order valence-corrected chi connectivity index (χ4v) is 2.00. The summed E-state index contributed by atoms with van der Waals surface area (Å²) < 4.78 is 5.24. The van der Waals surface area contributed by atoms with Crippen LogP contribution in [0.3, 0.4) is 0 Å². The molecule has 90 valence electrons. The first kappa shape index (κ1) is 10.5. The number of rotatable bonds is 2. The van der Waals surface area contributed by atoms with E-state index in [9.17, 15) is 0 Å². The van der Waals surface area contributed by atoms with Gasteiger partial charge < -0.3 is 10.3 Å². The molecule has 0 atom stereocenters. The Morgan fingerprint density at radius 1 is 1.35 bits per heavy atom. The van der Waals surface area contributed by atoms with E-state index in [4.69, 9.17) is 10.3 Å². The highest BCUT2D eigenvalue weighted by Crippen LogP contribution is 2.37. The third-order valence-electron chi connectivity index (χ3n) is 3.57. The van der Waals surface area contributed by atoms with E-state index in [1.54, 1.807) is 0 Å². The SMILES string of the molecule is Cc1[nH]nc(-c2nc(C3(N)CCC3)no2)c1C. The van der Waals surface area contributed by atoms with Crippen molar-refractivity contribution >= 4 is 0 Å². The topological polar surface area (TPSA) is 93.6 Å². The highest BCUT2D eigenvalue weighted by molar-refractivity contribution is 5.53. The molecule has 0 amide bonds. The number of hydrogen-bond donors (Lipinski definition) is 2. The van der Waals surface area contributed by atoms with Crippen molar-refractivity contribution in [3.8, 4) is 11.6 Å². The van der Waals surface area contributed by atoms with E-state index in [0.29, 0.717) is 17.4 Å². The maximum atomic E-state index is 6.15. The van der Waals surface area contributed by atoms with Crippen LogP contribution in [-0.4, -0.2) is 20.3 Å².